The standard InChI is InChI=1S/C27H29ClF2N2O4S/c1-20-3-2-4-21(17-20)19-35-26(22-5-7-23(28)8-6-22)18-31-13-15-32(16-14-31)37(33,34)25-11-9-24(10-12-25)36-27(29)30/h2-12,17,26-27H,13-16,18-19H2,1H3/t26-/m0/s1. The maximum Gasteiger partial charge on any atom is 0.387 e. The van der Waals surface area contributed by atoms with Crippen LogP contribution < -0.4 is 4.74 Å². The molecule has 1 saturated heterocycles. The Labute approximate surface area is 221 Å². The molecule has 3 aromatic rings. The van der Waals surface area contributed by atoms with Crippen molar-refractivity contribution in [2.24, 2.45) is 0 Å². The monoisotopic (exact) mass is 550 g/mol. The maximum absolute atomic E-state index is 13.1. The summed E-state index contributed by atoms with van der Waals surface area (Å²) < 4.78 is 63.0. The van der Waals surface area contributed by atoms with E-state index in [-0.39, 0.29) is 16.7 Å². The molecule has 0 aromatic heterocycles. The lowest BCUT2D eigenvalue weighted by molar-refractivity contribution is -0.0498. The number of hydrogen-bond donors (Lipinski definition) is 0. The van der Waals surface area contributed by atoms with Crippen molar-refractivity contribution in [3.8, 4) is 5.75 Å². The van der Waals surface area contributed by atoms with Crippen molar-refractivity contribution < 1.29 is 26.7 Å². The Hall–Kier alpha value is -2.56. The molecule has 0 unspecified atom stereocenters. The first kappa shape index (κ1) is 27.5. The predicted octanol–water partition coefficient (Wildman–Crippen LogP) is 5.51. The molecule has 1 atom stereocenters. The highest BCUT2D eigenvalue weighted by Crippen LogP contribution is 2.25. The van der Waals surface area contributed by atoms with Gasteiger partial charge in [-0.05, 0) is 54.4 Å². The Morgan fingerprint density at radius 2 is 1.62 bits per heavy atom. The van der Waals surface area contributed by atoms with Crippen molar-refractivity contribution >= 4 is 21.6 Å². The quantitative estimate of drug-likeness (QED) is 0.333. The van der Waals surface area contributed by atoms with Crippen LogP contribution in [0.4, 0.5) is 8.78 Å². The van der Waals surface area contributed by atoms with E-state index in [1.807, 2.05) is 49.4 Å². The number of alkyl halides is 2. The van der Waals surface area contributed by atoms with Crippen molar-refractivity contribution in [3.63, 3.8) is 0 Å². The summed E-state index contributed by atoms with van der Waals surface area (Å²) in [4.78, 5) is 2.23. The Balaban J connectivity index is 1.39. The molecule has 0 saturated carbocycles. The lowest BCUT2D eigenvalue weighted by Crippen LogP contribution is -2.49. The summed E-state index contributed by atoms with van der Waals surface area (Å²) in [6.07, 6.45) is -0.219. The van der Waals surface area contributed by atoms with Crippen LogP contribution in [0.25, 0.3) is 0 Å². The molecule has 1 fully saturated rings. The van der Waals surface area contributed by atoms with Gasteiger partial charge in [-0.25, -0.2) is 8.42 Å². The highest BCUT2D eigenvalue weighted by Gasteiger charge is 2.30. The zero-order chi connectivity index (χ0) is 26.4. The molecule has 1 aliphatic rings. The first-order valence-electron chi connectivity index (χ1n) is 11.9. The average molecular weight is 551 g/mol. The van der Waals surface area contributed by atoms with E-state index in [2.05, 4.69) is 15.7 Å². The van der Waals surface area contributed by atoms with Gasteiger partial charge in [0.05, 0.1) is 17.6 Å². The highest BCUT2D eigenvalue weighted by molar-refractivity contribution is 7.89. The molecule has 0 bridgehead atoms. The van der Waals surface area contributed by atoms with Crippen molar-refractivity contribution in [1.82, 2.24) is 9.21 Å². The van der Waals surface area contributed by atoms with E-state index >= 15 is 0 Å². The number of hydrogen-bond acceptors (Lipinski definition) is 5. The minimum atomic E-state index is -3.75. The third-order valence-electron chi connectivity index (χ3n) is 6.22. The Bertz CT molecular complexity index is 1270. The van der Waals surface area contributed by atoms with Crippen LogP contribution in [-0.2, 0) is 21.4 Å². The molecule has 6 nitrogen and oxygen atoms in total. The van der Waals surface area contributed by atoms with Gasteiger partial charge in [0.25, 0.3) is 0 Å². The summed E-state index contributed by atoms with van der Waals surface area (Å²) >= 11 is 6.08. The molecule has 0 N–H and O–H groups in total. The SMILES string of the molecule is Cc1cccc(CO[C@@H](CN2CCN(S(=O)(=O)c3ccc(OC(F)F)cc3)CC2)c2ccc(Cl)cc2)c1. The van der Waals surface area contributed by atoms with Crippen molar-refractivity contribution in [1.29, 1.82) is 0 Å². The van der Waals surface area contributed by atoms with E-state index in [1.54, 1.807) is 0 Å². The van der Waals surface area contributed by atoms with Crippen LogP contribution in [0.5, 0.6) is 5.75 Å². The van der Waals surface area contributed by atoms with E-state index in [0.717, 1.165) is 16.7 Å². The fraction of sp³-hybridized carbons (Fsp3) is 0.333. The first-order valence-corrected chi connectivity index (χ1v) is 13.7. The molecule has 10 heteroatoms. The van der Waals surface area contributed by atoms with Gasteiger partial charge in [0.1, 0.15) is 5.75 Å². The van der Waals surface area contributed by atoms with Crippen LogP contribution in [0.2, 0.25) is 5.02 Å². The van der Waals surface area contributed by atoms with Crippen LogP contribution in [0, 0.1) is 6.92 Å². The van der Waals surface area contributed by atoms with Crippen LogP contribution in [0.3, 0.4) is 0 Å². The second kappa shape index (κ2) is 12.3. The van der Waals surface area contributed by atoms with Gasteiger partial charge in [0.15, 0.2) is 0 Å². The summed E-state index contributed by atoms with van der Waals surface area (Å²) in [6.45, 7) is 1.81. The van der Waals surface area contributed by atoms with Crippen LogP contribution in [0.15, 0.2) is 77.7 Å². The normalized spacial score (nSPS) is 16.1. The summed E-state index contributed by atoms with van der Waals surface area (Å²) in [7, 11) is -3.75. The molecule has 198 valence electrons. The van der Waals surface area contributed by atoms with E-state index in [4.69, 9.17) is 16.3 Å². The predicted molar refractivity (Wildman–Crippen MR) is 138 cm³/mol. The number of piperazine rings is 1. The third kappa shape index (κ3) is 7.49. The lowest BCUT2D eigenvalue weighted by atomic mass is 10.1. The van der Waals surface area contributed by atoms with Crippen molar-refractivity contribution in [3.05, 3.63) is 94.5 Å². The number of ether oxygens (including phenoxy) is 2. The van der Waals surface area contributed by atoms with Gasteiger partial charge in [-0.2, -0.15) is 13.1 Å². The molecule has 1 aliphatic heterocycles. The topological polar surface area (TPSA) is 59.1 Å². The molecule has 0 amide bonds. The molecule has 1 heterocycles. The number of aryl methyl sites for hydroxylation is 1. The molecule has 3 aromatic carbocycles. The first-order chi connectivity index (χ1) is 17.7. The van der Waals surface area contributed by atoms with E-state index < -0.39 is 16.6 Å². The number of rotatable bonds is 10. The maximum atomic E-state index is 13.1. The third-order valence-corrected chi connectivity index (χ3v) is 8.38. The number of sulfonamides is 1. The zero-order valence-electron chi connectivity index (χ0n) is 20.4. The minimum absolute atomic E-state index is 0.0445. The highest BCUT2D eigenvalue weighted by atomic mass is 35.5. The van der Waals surface area contributed by atoms with E-state index in [9.17, 15) is 17.2 Å². The fourth-order valence-corrected chi connectivity index (χ4v) is 5.81. The van der Waals surface area contributed by atoms with Crippen LogP contribution in [0.1, 0.15) is 22.8 Å². The molecule has 0 radical (unpaired) electrons. The lowest BCUT2D eigenvalue weighted by Gasteiger charge is -2.36. The van der Waals surface area contributed by atoms with Gasteiger partial charge in [-0.3, -0.25) is 4.90 Å². The minimum Gasteiger partial charge on any atom is -0.435 e. The fourth-order valence-electron chi connectivity index (χ4n) is 4.26. The zero-order valence-corrected chi connectivity index (χ0v) is 22.0. The molecular formula is C27H29ClF2N2O4S. The van der Waals surface area contributed by atoms with E-state index in [1.165, 1.54) is 28.6 Å². The Kier molecular flexibility index (Phi) is 9.15. The van der Waals surface area contributed by atoms with Crippen LogP contribution >= 0.6 is 11.6 Å². The average Bonchev–Trinajstić information content (AvgIpc) is 2.87. The van der Waals surface area contributed by atoms with Crippen molar-refractivity contribution in [2.45, 2.75) is 31.1 Å². The van der Waals surface area contributed by atoms with Gasteiger partial charge in [0.2, 0.25) is 10.0 Å². The summed E-state index contributed by atoms with van der Waals surface area (Å²) in [5.74, 6) is -0.0855. The molecule has 37 heavy (non-hydrogen) atoms. The molecular weight excluding hydrogens is 522 g/mol. The summed E-state index contributed by atoms with van der Waals surface area (Å²) in [5.41, 5.74) is 3.25. The second-order valence-electron chi connectivity index (χ2n) is 8.89. The largest absolute Gasteiger partial charge is 0.435 e. The van der Waals surface area contributed by atoms with E-state index in [0.29, 0.717) is 44.4 Å². The number of nitrogens with zero attached hydrogens (tertiary/aromatic N) is 2. The van der Waals surface area contributed by atoms with Crippen molar-refractivity contribution in [2.75, 3.05) is 32.7 Å². The Morgan fingerprint density at radius 1 is 0.946 bits per heavy atom. The van der Waals surface area contributed by atoms with Gasteiger partial charge >= 0.3 is 6.61 Å². The second-order valence-corrected chi connectivity index (χ2v) is 11.3. The molecule has 0 spiro atoms. The Morgan fingerprint density at radius 3 is 2.24 bits per heavy atom. The number of benzene rings is 3. The molecule has 0 aliphatic carbocycles. The summed E-state index contributed by atoms with van der Waals surface area (Å²) in [5, 5.41) is 0.647. The van der Waals surface area contributed by atoms with Gasteiger partial charge < -0.3 is 9.47 Å². The van der Waals surface area contributed by atoms with Gasteiger partial charge in [0, 0.05) is 37.7 Å². The van der Waals surface area contributed by atoms with Gasteiger partial charge in [-0.1, -0.05) is 53.6 Å². The molecule has 4 rings (SSSR count). The van der Waals surface area contributed by atoms with Gasteiger partial charge in [-0.15, -0.1) is 0 Å². The summed E-state index contributed by atoms with van der Waals surface area (Å²) in [6, 6.07) is 20.8. The smallest absolute Gasteiger partial charge is 0.387 e. The van der Waals surface area contributed by atoms with Crippen LogP contribution in [-0.4, -0.2) is 57.0 Å². The number of halogens is 3.